The monoisotopic (exact) mass is 311 g/mol. The van der Waals surface area contributed by atoms with Crippen molar-refractivity contribution < 1.29 is 22.3 Å². The summed E-state index contributed by atoms with van der Waals surface area (Å²) in [5.74, 6) is -1.16. The molecule has 1 N–H and O–H groups in total. The van der Waals surface area contributed by atoms with Crippen LogP contribution in [0.5, 0.6) is 0 Å². The largest absolute Gasteiger partial charge is 0.419 e. The molecule has 7 heteroatoms. The second-order valence-corrected chi connectivity index (χ2v) is 5.07. The van der Waals surface area contributed by atoms with Crippen LogP contribution in [0.25, 0.3) is 0 Å². The van der Waals surface area contributed by atoms with Crippen LogP contribution >= 0.6 is 12.4 Å². The van der Waals surface area contributed by atoms with Crippen LogP contribution in [-0.4, -0.2) is 18.8 Å². The van der Waals surface area contributed by atoms with E-state index in [1.54, 1.807) is 0 Å². The van der Waals surface area contributed by atoms with Crippen LogP contribution < -0.4 is 5.32 Å². The van der Waals surface area contributed by atoms with E-state index in [0.29, 0.717) is 12.1 Å². The molecule has 1 saturated heterocycles. The Hall–Kier alpha value is -0.850. The average Bonchev–Trinajstić information content (AvgIpc) is 2.66. The number of alkyl halides is 3. The summed E-state index contributed by atoms with van der Waals surface area (Å²) in [6.07, 6.45) is -4.76. The lowest BCUT2D eigenvalue weighted by Gasteiger charge is -2.32. The van der Waals surface area contributed by atoms with Crippen LogP contribution in [0.3, 0.4) is 0 Å². The van der Waals surface area contributed by atoms with Gasteiger partial charge in [-0.1, -0.05) is 6.07 Å². The van der Waals surface area contributed by atoms with Gasteiger partial charge in [-0.3, -0.25) is 0 Å². The smallest absolute Gasteiger partial charge is 0.372 e. The van der Waals surface area contributed by atoms with E-state index in [9.17, 15) is 17.6 Å². The highest BCUT2D eigenvalue weighted by atomic mass is 35.5. The zero-order valence-electron chi connectivity index (χ0n) is 10.6. The molecular formula is C13H14ClF4NO. The number of halogens is 5. The molecule has 0 bridgehead atoms. The first-order valence-corrected chi connectivity index (χ1v) is 6.15. The minimum Gasteiger partial charge on any atom is -0.372 e. The molecule has 2 aliphatic rings. The fourth-order valence-corrected chi connectivity index (χ4v) is 2.88. The average molecular weight is 312 g/mol. The van der Waals surface area contributed by atoms with E-state index in [-0.39, 0.29) is 42.6 Å². The van der Waals surface area contributed by atoms with E-state index < -0.39 is 17.6 Å². The van der Waals surface area contributed by atoms with Crippen molar-refractivity contribution in [2.75, 3.05) is 6.54 Å². The first kappa shape index (κ1) is 15.5. The third-order valence-corrected chi connectivity index (χ3v) is 3.73. The van der Waals surface area contributed by atoms with E-state index in [1.165, 1.54) is 6.07 Å². The standard InChI is InChI=1S/C13H13F4NO.ClH/c1-6-5-18-12-7-2-3-9(13(15,16)17)11(14)8(7)4-10(12)19-6;/h2-3,6,10,12,18H,4-5H2,1H3;1H/t6-,10+,12-;/m0./s1. The van der Waals surface area contributed by atoms with Crippen molar-refractivity contribution in [3.63, 3.8) is 0 Å². The third kappa shape index (κ3) is 2.40. The van der Waals surface area contributed by atoms with Crippen molar-refractivity contribution in [3.8, 4) is 0 Å². The van der Waals surface area contributed by atoms with Crippen LogP contribution in [0, 0.1) is 5.82 Å². The van der Waals surface area contributed by atoms with Gasteiger partial charge in [-0.2, -0.15) is 13.2 Å². The summed E-state index contributed by atoms with van der Waals surface area (Å²) >= 11 is 0. The zero-order valence-corrected chi connectivity index (χ0v) is 11.4. The predicted octanol–water partition coefficient (Wildman–Crippen LogP) is 3.24. The third-order valence-electron chi connectivity index (χ3n) is 3.73. The summed E-state index contributed by atoms with van der Waals surface area (Å²) in [6, 6.07) is 1.97. The van der Waals surface area contributed by atoms with Gasteiger partial charge in [0.1, 0.15) is 5.82 Å². The van der Waals surface area contributed by atoms with Crippen molar-refractivity contribution in [1.29, 1.82) is 0 Å². The number of hydrogen-bond donors (Lipinski definition) is 1. The summed E-state index contributed by atoms with van der Waals surface area (Å²) < 4.78 is 57.7. The summed E-state index contributed by atoms with van der Waals surface area (Å²) in [5.41, 5.74) is -0.480. The fourth-order valence-electron chi connectivity index (χ4n) is 2.88. The summed E-state index contributed by atoms with van der Waals surface area (Å²) in [6.45, 7) is 2.49. The predicted molar refractivity (Wildman–Crippen MR) is 67.4 cm³/mol. The molecular weight excluding hydrogens is 298 g/mol. The molecule has 0 radical (unpaired) electrons. The molecule has 3 rings (SSSR count). The number of morpholine rings is 1. The number of ether oxygens (including phenoxy) is 1. The minimum absolute atomic E-state index is 0. The molecule has 1 aliphatic carbocycles. The van der Waals surface area contributed by atoms with Gasteiger partial charge >= 0.3 is 6.18 Å². The minimum atomic E-state index is -4.66. The molecule has 112 valence electrons. The van der Waals surface area contributed by atoms with Gasteiger partial charge in [0.15, 0.2) is 0 Å². The van der Waals surface area contributed by atoms with E-state index in [4.69, 9.17) is 4.74 Å². The maximum Gasteiger partial charge on any atom is 0.419 e. The van der Waals surface area contributed by atoms with Crippen LogP contribution in [0.4, 0.5) is 17.6 Å². The molecule has 3 atom stereocenters. The van der Waals surface area contributed by atoms with Crippen molar-refractivity contribution in [1.82, 2.24) is 5.32 Å². The molecule has 1 aliphatic heterocycles. The molecule has 20 heavy (non-hydrogen) atoms. The van der Waals surface area contributed by atoms with E-state index in [1.807, 2.05) is 6.92 Å². The zero-order chi connectivity index (χ0) is 13.8. The number of rotatable bonds is 0. The number of fused-ring (bicyclic) bond motifs is 3. The van der Waals surface area contributed by atoms with Gasteiger partial charge in [0.2, 0.25) is 0 Å². The normalized spacial score (nSPS) is 28.6. The molecule has 1 aromatic rings. The summed E-state index contributed by atoms with van der Waals surface area (Å²) in [7, 11) is 0. The second kappa shape index (κ2) is 5.16. The van der Waals surface area contributed by atoms with Crippen LogP contribution in [-0.2, 0) is 17.3 Å². The Balaban J connectivity index is 0.00000147. The Morgan fingerprint density at radius 3 is 2.65 bits per heavy atom. The Labute approximate surface area is 119 Å². The SMILES string of the molecule is C[C@H]1CN[C@H]2c3ccc(C(F)(F)F)c(F)c3C[C@H]2O1.Cl. The van der Waals surface area contributed by atoms with E-state index in [2.05, 4.69) is 5.32 Å². The molecule has 0 saturated carbocycles. The highest BCUT2D eigenvalue weighted by Crippen LogP contribution is 2.41. The maximum atomic E-state index is 14.0. The Bertz CT molecular complexity index is 520. The first-order chi connectivity index (χ1) is 8.88. The van der Waals surface area contributed by atoms with Crippen molar-refractivity contribution >= 4 is 12.4 Å². The van der Waals surface area contributed by atoms with Crippen LogP contribution in [0.15, 0.2) is 12.1 Å². The lowest BCUT2D eigenvalue weighted by atomic mass is 10.0. The van der Waals surface area contributed by atoms with Gasteiger partial charge in [-0.15, -0.1) is 12.4 Å². The van der Waals surface area contributed by atoms with Gasteiger partial charge < -0.3 is 10.1 Å². The molecule has 0 amide bonds. The number of nitrogens with one attached hydrogen (secondary N) is 1. The highest BCUT2D eigenvalue weighted by molar-refractivity contribution is 5.85. The van der Waals surface area contributed by atoms with Crippen molar-refractivity contribution in [2.24, 2.45) is 0 Å². The van der Waals surface area contributed by atoms with Gasteiger partial charge in [-0.25, -0.2) is 4.39 Å². The second-order valence-electron chi connectivity index (χ2n) is 5.07. The Morgan fingerprint density at radius 2 is 2.00 bits per heavy atom. The molecule has 1 heterocycles. The lowest BCUT2D eigenvalue weighted by Crippen LogP contribution is -2.44. The number of hydrogen-bond acceptors (Lipinski definition) is 2. The highest BCUT2D eigenvalue weighted by Gasteiger charge is 2.42. The topological polar surface area (TPSA) is 21.3 Å². The van der Waals surface area contributed by atoms with Gasteiger partial charge in [0.25, 0.3) is 0 Å². The Morgan fingerprint density at radius 1 is 1.30 bits per heavy atom. The Kier molecular flexibility index (Phi) is 4.01. The quantitative estimate of drug-likeness (QED) is 0.743. The molecule has 1 aromatic carbocycles. The van der Waals surface area contributed by atoms with Crippen LogP contribution in [0.2, 0.25) is 0 Å². The molecule has 0 unspecified atom stereocenters. The number of benzene rings is 1. The van der Waals surface area contributed by atoms with Crippen molar-refractivity contribution in [2.45, 2.75) is 37.8 Å². The summed E-state index contributed by atoms with van der Waals surface area (Å²) in [5, 5.41) is 3.20. The molecule has 0 aromatic heterocycles. The molecule has 2 nitrogen and oxygen atoms in total. The summed E-state index contributed by atoms with van der Waals surface area (Å²) in [4.78, 5) is 0. The molecule has 0 spiro atoms. The lowest BCUT2D eigenvalue weighted by molar-refractivity contribution is -0.140. The van der Waals surface area contributed by atoms with E-state index >= 15 is 0 Å². The van der Waals surface area contributed by atoms with Crippen molar-refractivity contribution in [3.05, 3.63) is 34.6 Å². The van der Waals surface area contributed by atoms with E-state index in [0.717, 1.165) is 6.07 Å². The van der Waals surface area contributed by atoms with Gasteiger partial charge in [0.05, 0.1) is 23.8 Å². The van der Waals surface area contributed by atoms with Gasteiger partial charge in [-0.05, 0) is 24.1 Å². The maximum absolute atomic E-state index is 14.0. The van der Waals surface area contributed by atoms with Crippen LogP contribution in [0.1, 0.15) is 29.7 Å². The fraction of sp³-hybridized carbons (Fsp3) is 0.538. The molecule has 1 fully saturated rings. The first-order valence-electron chi connectivity index (χ1n) is 6.15. The van der Waals surface area contributed by atoms with Gasteiger partial charge in [0, 0.05) is 13.0 Å².